The van der Waals surface area contributed by atoms with Crippen molar-refractivity contribution in [1.29, 1.82) is 0 Å². The van der Waals surface area contributed by atoms with E-state index in [2.05, 4.69) is 4.98 Å². The molecule has 1 aromatic rings. The fourth-order valence-corrected chi connectivity index (χ4v) is 2.86. The van der Waals surface area contributed by atoms with Crippen molar-refractivity contribution >= 4 is 37.1 Å². The van der Waals surface area contributed by atoms with Gasteiger partial charge in [-0.25, -0.2) is 8.42 Å². The molecule has 0 radical (unpaired) electrons. The van der Waals surface area contributed by atoms with Crippen molar-refractivity contribution in [1.82, 2.24) is 4.98 Å². The summed E-state index contributed by atoms with van der Waals surface area (Å²) in [5.74, 6) is -1.03. The van der Waals surface area contributed by atoms with E-state index in [0.29, 0.717) is 0 Å². The van der Waals surface area contributed by atoms with Crippen LogP contribution in [0.1, 0.15) is 6.42 Å². The third-order valence-electron chi connectivity index (χ3n) is 2.72. The lowest BCUT2D eigenvalue weighted by molar-refractivity contribution is -0.388. The number of rotatable bonds is 3. The highest BCUT2D eigenvalue weighted by atomic mass is 35.7. The maximum Gasteiger partial charge on any atom is 0.387 e. The SMILES string of the molecule is O=C1CC(S(=O)(=O)Cl)CN1c1cccnc1[N+](=O)[O-]. The summed E-state index contributed by atoms with van der Waals surface area (Å²) in [5.41, 5.74) is -0.0275. The largest absolute Gasteiger partial charge is 0.387 e. The average molecular weight is 306 g/mol. The lowest BCUT2D eigenvalue weighted by atomic mass is 10.3. The number of amides is 1. The second kappa shape index (κ2) is 4.74. The fraction of sp³-hybridized carbons (Fsp3) is 0.333. The predicted octanol–water partition coefficient (Wildman–Crippen LogP) is 0.664. The van der Waals surface area contributed by atoms with Gasteiger partial charge in [0, 0.05) is 23.6 Å². The van der Waals surface area contributed by atoms with Gasteiger partial charge in [-0.3, -0.25) is 4.79 Å². The summed E-state index contributed by atoms with van der Waals surface area (Å²) in [5, 5.41) is 9.76. The Morgan fingerprint density at radius 3 is 2.74 bits per heavy atom. The first-order valence-electron chi connectivity index (χ1n) is 5.14. The number of pyridine rings is 1. The van der Waals surface area contributed by atoms with Gasteiger partial charge >= 0.3 is 5.82 Å². The molecule has 1 saturated heterocycles. The number of hydrogen-bond acceptors (Lipinski definition) is 6. The van der Waals surface area contributed by atoms with Crippen LogP contribution in [0.25, 0.3) is 0 Å². The third kappa shape index (κ3) is 2.66. The van der Waals surface area contributed by atoms with Crippen LogP contribution in [0.3, 0.4) is 0 Å². The molecule has 0 spiro atoms. The zero-order chi connectivity index (χ0) is 14.2. The molecule has 1 fully saturated rings. The molecule has 1 aliphatic heterocycles. The molecule has 0 saturated carbocycles. The minimum atomic E-state index is -3.89. The van der Waals surface area contributed by atoms with E-state index in [9.17, 15) is 23.3 Å². The van der Waals surface area contributed by atoms with Gasteiger partial charge in [0.05, 0.1) is 0 Å². The van der Waals surface area contributed by atoms with Crippen LogP contribution in [0.4, 0.5) is 11.5 Å². The number of anilines is 1. The molecule has 0 aromatic carbocycles. The molecule has 1 unspecified atom stereocenters. The van der Waals surface area contributed by atoms with E-state index >= 15 is 0 Å². The van der Waals surface area contributed by atoms with Crippen LogP contribution in [0.2, 0.25) is 0 Å². The van der Waals surface area contributed by atoms with Crippen molar-refractivity contribution in [3.8, 4) is 0 Å². The molecule has 1 atom stereocenters. The molecular weight excluding hydrogens is 298 g/mol. The van der Waals surface area contributed by atoms with Gasteiger partial charge in [-0.1, -0.05) is 0 Å². The summed E-state index contributed by atoms with van der Waals surface area (Å²) in [6.45, 7) is -0.211. The van der Waals surface area contributed by atoms with Crippen LogP contribution >= 0.6 is 10.7 Å². The Kier molecular flexibility index (Phi) is 3.42. The van der Waals surface area contributed by atoms with E-state index in [1.165, 1.54) is 18.3 Å². The zero-order valence-electron chi connectivity index (χ0n) is 9.39. The summed E-state index contributed by atoms with van der Waals surface area (Å²) in [6.07, 6.45) is 0.926. The van der Waals surface area contributed by atoms with Crippen molar-refractivity contribution in [2.24, 2.45) is 0 Å². The molecule has 102 valence electrons. The van der Waals surface area contributed by atoms with Gasteiger partial charge in [-0.2, -0.15) is 0 Å². The van der Waals surface area contributed by atoms with E-state index in [1.807, 2.05) is 0 Å². The molecule has 19 heavy (non-hydrogen) atoms. The summed E-state index contributed by atoms with van der Waals surface area (Å²) < 4.78 is 22.4. The normalized spacial score (nSPS) is 19.7. The summed E-state index contributed by atoms with van der Waals surface area (Å²) >= 11 is 0. The monoisotopic (exact) mass is 305 g/mol. The zero-order valence-corrected chi connectivity index (χ0v) is 11.0. The summed E-state index contributed by atoms with van der Waals surface area (Å²) in [6, 6.07) is 2.77. The number of halogens is 1. The summed E-state index contributed by atoms with van der Waals surface area (Å²) in [4.78, 5) is 26.4. The Bertz CT molecular complexity index is 647. The van der Waals surface area contributed by atoms with Crippen LogP contribution in [0.5, 0.6) is 0 Å². The van der Waals surface area contributed by atoms with Crippen LogP contribution in [-0.4, -0.2) is 36.0 Å². The maximum absolute atomic E-state index is 11.8. The maximum atomic E-state index is 11.8. The molecule has 2 heterocycles. The molecule has 0 N–H and O–H groups in total. The fourth-order valence-electron chi connectivity index (χ4n) is 1.84. The first-order valence-corrected chi connectivity index (χ1v) is 7.51. The van der Waals surface area contributed by atoms with Gasteiger partial charge in [0.15, 0.2) is 0 Å². The molecule has 0 aliphatic carbocycles. The van der Waals surface area contributed by atoms with Gasteiger partial charge in [0.2, 0.25) is 15.0 Å². The lowest BCUT2D eigenvalue weighted by Gasteiger charge is -2.15. The van der Waals surface area contributed by atoms with Crippen LogP contribution < -0.4 is 4.90 Å². The molecule has 0 bridgehead atoms. The Balaban J connectivity index is 2.39. The van der Waals surface area contributed by atoms with E-state index in [4.69, 9.17) is 10.7 Å². The quantitative estimate of drug-likeness (QED) is 0.461. The number of carbonyl (C=O) groups excluding carboxylic acids is 1. The molecule has 8 nitrogen and oxygen atoms in total. The second-order valence-corrected chi connectivity index (χ2v) is 6.82. The molecule has 1 aromatic heterocycles. The van der Waals surface area contributed by atoms with Crippen molar-refractivity contribution in [3.63, 3.8) is 0 Å². The third-order valence-corrected chi connectivity index (χ3v) is 4.59. The predicted molar refractivity (Wildman–Crippen MR) is 66.4 cm³/mol. The van der Waals surface area contributed by atoms with Gasteiger partial charge in [0.1, 0.15) is 17.1 Å². The van der Waals surface area contributed by atoms with Crippen molar-refractivity contribution in [2.75, 3.05) is 11.4 Å². The lowest BCUT2D eigenvalue weighted by Crippen LogP contribution is -2.27. The van der Waals surface area contributed by atoms with E-state index in [1.54, 1.807) is 0 Å². The highest BCUT2D eigenvalue weighted by Crippen LogP contribution is 2.31. The van der Waals surface area contributed by atoms with Gasteiger partial charge in [0.25, 0.3) is 0 Å². The first-order chi connectivity index (χ1) is 8.80. The Morgan fingerprint density at radius 2 is 2.21 bits per heavy atom. The standard InChI is InChI=1S/C9H8ClN3O5S/c10-19(17,18)6-4-8(14)12(5-6)7-2-1-3-11-9(7)13(15)16/h1-3,6H,4-5H2. The number of nitrogens with zero attached hydrogens (tertiary/aromatic N) is 3. The number of aromatic nitrogens is 1. The minimum Gasteiger partial charge on any atom is -0.358 e. The first kappa shape index (κ1) is 13.7. The van der Waals surface area contributed by atoms with Crippen molar-refractivity contribution in [3.05, 3.63) is 28.4 Å². The van der Waals surface area contributed by atoms with E-state index in [-0.39, 0.29) is 18.7 Å². The molecule has 10 heteroatoms. The molecule has 1 amide bonds. The molecule has 2 rings (SSSR count). The molecular formula is C9H8ClN3O5S. The Hall–Kier alpha value is -1.74. The number of nitro groups is 1. The van der Waals surface area contributed by atoms with Gasteiger partial charge < -0.3 is 15.0 Å². The number of carbonyl (C=O) groups is 1. The van der Waals surface area contributed by atoms with Crippen molar-refractivity contribution < 1.29 is 18.1 Å². The average Bonchev–Trinajstić information content (AvgIpc) is 2.71. The minimum absolute atomic E-state index is 0.0275. The van der Waals surface area contributed by atoms with Crippen LogP contribution in [-0.2, 0) is 13.8 Å². The van der Waals surface area contributed by atoms with Gasteiger partial charge in [-0.05, 0) is 22.0 Å². The van der Waals surface area contributed by atoms with Crippen molar-refractivity contribution in [2.45, 2.75) is 11.7 Å². The van der Waals surface area contributed by atoms with E-state index < -0.39 is 30.9 Å². The topological polar surface area (TPSA) is 110 Å². The smallest absolute Gasteiger partial charge is 0.358 e. The van der Waals surface area contributed by atoms with Gasteiger partial charge in [-0.15, -0.1) is 0 Å². The highest BCUT2D eigenvalue weighted by Gasteiger charge is 2.40. The van der Waals surface area contributed by atoms with Crippen LogP contribution in [0, 0.1) is 10.1 Å². The second-order valence-electron chi connectivity index (χ2n) is 3.91. The number of hydrogen-bond donors (Lipinski definition) is 0. The summed E-state index contributed by atoms with van der Waals surface area (Å²) in [7, 11) is 1.31. The van der Waals surface area contributed by atoms with E-state index in [0.717, 1.165) is 4.90 Å². The van der Waals surface area contributed by atoms with Crippen LogP contribution in [0.15, 0.2) is 18.3 Å². The molecule has 1 aliphatic rings. The Morgan fingerprint density at radius 1 is 1.53 bits per heavy atom. The Labute approximate surface area is 112 Å². The highest BCUT2D eigenvalue weighted by molar-refractivity contribution is 8.14.